The van der Waals surface area contributed by atoms with Gasteiger partial charge in [0.05, 0.1) is 19.8 Å². The number of nitrogens with zero attached hydrogens (tertiary/aromatic N) is 1. The van der Waals surface area contributed by atoms with Crippen LogP contribution in [0.4, 0.5) is 0 Å². The molecule has 15 heavy (non-hydrogen) atoms. The van der Waals surface area contributed by atoms with E-state index in [1.807, 2.05) is 0 Å². The SMILES string of the molecule is C=CCNCCC[N+]([O-])(CCO)CCO. The molecule has 0 saturated carbocycles. The summed E-state index contributed by atoms with van der Waals surface area (Å²) < 4.78 is -0.511. The minimum atomic E-state index is -0.511. The molecule has 0 radical (unpaired) electrons. The fraction of sp³-hybridized carbons (Fsp3) is 0.800. The molecule has 0 aromatic rings. The highest BCUT2D eigenvalue weighted by Gasteiger charge is 2.14. The van der Waals surface area contributed by atoms with E-state index >= 15 is 0 Å². The molecule has 0 rings (SSSR count). The molecule has 0 amide bonds. The lowest BCUT2D eigenvalue weighted by Gasteiger charge is -2.42. The van der Waals surface area contributed by atoms with Crippen LogP contribution in [0.5, 0.6) is 0 Å². The number of hydrogen-bond acceptors (Lipinski definition) is 4. The Morgan fingerprint density at radius 3 is 2.27 bits per heavy atom. The quantitative estimate of drug-likeness (QED) is 0.199. The second-order valence-electron chi connectivity index (χ2n) is 3.52. The molecule has 90 valence electrons. The number of hydrogen-bond donors (Lipinski definition) is 3. The van der Waals surface area contributed by atoms with Crippen molar-refractivity contribution in [2.45, 2.75) is 6.42 Å². The summed E-state index contributed by atoms with van der Waals surface area (Å²) in [6.45, 7) is 5.52. The van der Waals surface area contributed by atoms with E-state index in [9.17, 15) is 5.21 Å². The van der Waals surface area contributed by atoms with Gasteiger partial charge in [-0.3, -0.25) is 0 Å². The van der Waals surface area contributed by atoms with Gasteiger partial charge in [0.2, 0.25) is 0 Å². The van der Waals surface area contributed by atoms with Crippen molar-refractivity contribution >= 4 is 0 Å². The summed E-state index contributed by atoms with van der Waals surface area (Å²) in [6.07, 6.45) is 2.50. The maximum Gasteiger partial charge on any atom is 0.102 e. The second-order valence-corrected chi connectivity index (χ2v) is 3.52. The minimum absolute atomic E-state index is 0.135. The predicted molar refractivity (Wildman–Crippen MR) is 60.1 cm³/mol. The molecule has 0 aromatic heterocycles. The van der Waals surface area contributed by atoms with E-state index in [4.69, 9.17) is 10.2 Å². The van der Waals surface area contributed by atoms with Crippen LogP contribution in [0.25, 0.3) is 0 Å². The summed E-state index contributed by atoms with van der Waals surface area (Å²) in [7, 11) is 0. The van der Waals surface area contributed by atoms with E-state index in [0.29, 0.717) is 6.54 Å². The van der Waals surface area contributed by atoms with Crippen LogP contribution in [-0.4, -0.2) is 60.8 Å². The molecule has 0 unspecified atom stereocenters. The average molecular weight is 218 g/mol. The molecule has 0 aliphatic heterocycles. The van der Waals surface area contributed by atoms with Gasteiger partial charge in [-0.2, -0.15) is 0 Å². The summed E-state index contributed by atoms with van der Waals surface area (Å²) in [6, 6.07) is 0. The van der Waals surface area contributed by atoms with Gasteiger partial charge in [-0.15, -0.1) is 6.58 Å². The lowest BCUT2D eigenvalue weighted by molar-refractivity contribution is -0.881. The summed E-state index contributed by atoms with van der Waals surface area (Å²) in [5, 5.41) is 32.5. The summed E-state index contributed by atoms with van der Waals surface area (Å²) in [4.78, 5) is 0. The Labute approximate surface area is 91.2 Å². The van der Waals surface area contributed by atoms with Gasteiger partial charge in [0.25, 0.3) is 0 Å². The van der Waals surface area contributed by atoms with Crippen LogP contribution in [0.1, 0.15) is 6.42 Å². The molecule has 5 heteroatoms. The summed E-state index contributed by atoms with van der Waals surface area (Å²) in [5.41, 5.74) is 0. The molecule has 0 saturated heterocycles. The van der Waals surface area contributed by atoms with Crippen molar-refractivity contribution in [3.63, 3.8) is 0 Å². The molecular formula is C10H22N2O3. The average Bonchev–Trinajstić information content (AvgIpc) is 2.18. The summed E-state index contributed by atoms with van der Waals surface area (Å²) >= 11 is 0. The standard InChI is InChI=1S/C10H22N2O3/c1-2-4-11-5-3-6-12(15,7-9-13)8-10-14/h2,11,13-14H,1,3-10H2. The smallest absolute Gasteiger partial charge is 0.102 e. The Hall–Kier alpha value is -0.460. The van der Waals surface area contributed by atoms with Crippen molar-refractivity contribution in [2.24, 2.45) is 0 Å². The molecule has 0 spiro atoms. The van der Waals surface area contributed by atoms with Crippen LogP contribution in [0.2, 0.25) is 0 Å². The maximum atomic E-state index is 11.9. The highest BCUT2D eigenvalue weighted by molar-refractivity contribution is 4.69. The first-order chi connectivity index (χ1) is 7.18. The van der Waals surface area contributed by atoms with Crippen LogP contribution in [0.15, 0.2) is 12.7 Å². The molecule has 0 atom stereocenters. The number of quaternary nitrogens is 1. The normalized spacial score (nSPS) is 11.7. The largest absolute Gasteiger partial charge is 0.633 e. The van der Waals surface area contributed by atoms with E-state index in [1.54, 1.807) is 6.08 Å². The number of rotatable bonds is 10. The first kappa shape index (κ1) is 14.5. The second kappa shape index (κ2) is 8.82. The van der Waals surface area contributed by atoms with E-state index in [-0.39, 0.29) is 26.3 Å². The van der Waals surface area contributed by atoms with Crippen molar-refractivity contribution in [2.75, 3.05) is 45.9 Å². The van der Waals surface area contributed by atoms with Gasteiger partial charge in [0.1, 0.15) is 13.1 Å². The Kier molecular flexibility index (Phi) is 8.55. The monoisotopic (exact) mass is 218 g/mol. The molecule has 3 N–H and O–H groups in total. The number of nitrogens with one attached hydrogen (secondary N) is 1. The van der Waals surface area contributed by atoms with Crippen LogP contribution >= 0.6 is 0 Å². The van der Waals surface area contributed by atoms with Gasteiger partial charge in [-0.05, 0) is 0 Å². The van der Waals surface area contributed by atoms with Crippen LogP contribution in [0, 0.1) is 5.21 Å². The van der Waals surface area contributed by atoms with Crippen molar-refractivity contribution in [1.29, 1.82) is 0 Å². The van der Waals surface area contributed by atoms with E-state index in [2.05, 4.69) is 11.9 Å². The Bertz CT molecular complexity index is 159. The van der Waals surface area contributed by atoms with E-state index in [1.165, 1.54) is 0 Å². The molecular weight excluding hydrogens is 196 g/mol. The first-order valence-corrected chi connectivity index (χ1v) is 5.29. The third-order valence-electron chi connectivity index (χ3n) is 2.22. The number of aliphatic hydroxyl groups is 2. The van der Waals surface area contributed by atoms with Crippen molar-refractivity contribution in [1.82, 2.24) is 5.32 Å². The van der Waals surface area contributed by atoms with E-state index in [0.717, 1.165) is 19.5 Å². The number of hydroxylamine groups is 3. The maximum absolute atomic E-state index is 11.9. The van der Waals surface area contributed by atoms with Crippen molar-refractivity contribution in [3.05, 3.63) is 17.9 Å². The van der Waals surface area contributed by atoms with E-state index < -0.39 is 4.65 Å². The van der Waals surface area contributed by atoms with Gasteiger partial charge in [0, 0.05) is 19.5 Å². The topological polar surface area (TPSA) is 75.5 Å². The Morgan fingerprint density at radius 2 is 1.80 bits per heavy atom. The number of aliphatic hydroxyl groups excluding tert-OH is 2. The molecule has 0 aliphatic carbocycles. The molecule has 0 aromatic carbocycles. The van der Waals surface area contributed by atoms with Gasteiger partial charge in [-0.1, -0.05) is 6.08 Å². The predicted octanol–water partition coefficient (Wildman–Crippen LogP) is -0.549. The van der Waals surface area contributed by atoms with Gasteiger partial charge >= 0.3 is 0 Å². The van der Waals surface area contributed by atoms with Gasteiger partial charge in [-0.25, -0.2) is 0 Å². The van der Waals surface area contributed by atoms with Crippen LogP contribution in [0.3, 0.4) is 0 Å². The van der Waals surface area contributed by atoms with Gasteiger partial charge in [0.15, 0.2) is 0 Å². The Balaban J connectivity index is 3.69. The van der Waals surface area contributed by atoms with Crippen molar-refractivity contribution in [3.8, 4) is 0 Å². The molecule has 5 nitrogen and oxygen atoms in total. The molecule has 0 heterocycles. The zero-order valence-corrected chi connectivity index (χ0v) is 9.19. The third kappa shape index (κ3) is 7.47. The molecule has 0 aliphatic rings. The third-order valence-corrected chi connectivity index (χ3v) is 2.22. The van der Waals surface area contributed by atoms with Crippen molar-refractivity contribution < 1.29 is 14.9 Å². The first-order valence-electron chi connectivity index (χ1n) is 5.29. The fourth-order valence-corrected chi connectivity index (χ4v) is 1.40. The minimum Gasteiger partial charge on any atom is -0.633 e. The van der Waals surface area contributed by atoms with Crippen LogP contribution < -0.4 is 5.32 Å². The highest BCUT2D eigenvalue weighted by atomic mass is 16.5. The Morgan fingerprint density at radius 1 is 1.20 bits per heavy atom. The zero-order chi connectivity index (χ0) is 11.6. The fourth-order valence-electron chi connectivity index (χ4n) is 1.40. The van der Waals surface area contributed by atoms with Crippen LogP contribution in [-0.2, 0) is 0 Å². The van der Waals surface area contributed by atoms with Gasteiger partial charge < -0.3 is 25.4 Å². The molecule has 0 bridgehead atoms. The lowest BCUT2D eigenvalue weighted by Crippen LogP contribution is -2.47. The zero-order valence-electron chi connectivity index (χ0n) is 9.19. The molecule has 0 fully saturated rings. The highest BCUT2D eigenvalue weighted by Crippen LogP contribution is 2.04. The summed E-state index contributed by atoms with van der Waals surface area (Å²) in [5.74, 6) is 0. The lowest BCUT2D eigenvalue weighted by atomic mass is 10.3.